The Bertz CT molecular complexity index is 725. The number of hydrogen-bond donors (Lipinski definition) is 2. The summed E-state index contributed by atoms with van der Waals surface area (Å²) in [6.07, 6.45) is -0.876. The van der Waals surface area contributed by atoms with Crippen LogP contribution in [0.4, 0.5) is 4.39 Å². The molecule has 1 aliphatic rings. The summed E-state index contributed by atoms with van der Waals surface area (Å²) in [5, 5.41) is 20.3. The normalized spacial score (nSPS) is 16.6. The number of carboxylic acid groups (broad SMARTS) is 2. The van der Waals surface area contributed by atoms with Gasteiger partial charge in [-0.25, -0.2) is 4.39 Å². The minimum atomic E-state index is -2.33. The van der Waals surface area contributed by atoms with Crippen LogP contribution in [-0.4, -0.2) is 35.4 Å². The van der Waals surface area contributed by atoms with Gasteiger partial charge in [-0.05, 0) is 28.4 Å². The maximum absolute atomic E-state index is 14.9. The predicted molar refractivity (Wildman–Crippen MR) is 100 cm³/mol. The Balaban J connectivity index is 2.75. The Kier molecular flexibility index (Phi) is 5.93. The number of aliphatic carboxylic acids is 2. The van der Waals surface area contributed by atoms with E-state index in [-0.39, 0.29) is 11.1 Å². The molecule has 7 heteroatoms. The van der Waals surface area contributed by atoms with E-state index in [4.69, 9.17) is 9.47 Å². The second kappa shape index (κ2) is 7.44. The molecule has 1 aliphatic heterocycles. The van der Waals surface area contributed by atoms with Crippen LogP contribution in [0.3, 0.4) is 0 Å². The zero-order valence-corrected chi connectivity index (χ0v) is 17.2. The molecular weight excluding hydrogens is 367 g/mol. The molecule has 0 amide bonds. The molecule has 0 aromatic heterocycles. The van der Waals surface area contributed by atoms with Crippen LogP contribution in [0.15, 0.2) is 18.2 Å². The Morgan fingerprint density at radius 1 is 1.00 bits per heavy atom. The summed E-state index contributed by atoms with van der Waals surface area (Å²) in [4.78, 5) is 25.0. The number of carbonyl (C=O) groups is 2. The Hall–Kier alpha value is -1.99. The predicted octanol–water partition coefficient (Wildman–Crippen LogP) is 3.99. The van der Waals surface area contributed by atoms with Crippen molar-refractivity contribution in [2.24, 2.45) is 16.7 Å². The van der Waals surface area contributed by atoms with E-state index >= 15 is 0 Å². The average Bonchev–Trinajstić information content (AvgIpc) is 3.03. The third-order valence-electron chi connectivity index (χ3n) is 5.17. The van der Waals surface area contributed by atoms with E-state index in [2.05, 4.69) is 0 Å². The first-order valence-electron chi connectivity index (χ1n) is 9.24. The molecule has 1 fully saturated rings. The molecule has 2 rings (SSSR count). The summed E-state index contributed by atoms with van der Waals surface area (Å²) >= 11 is 0. The summed E-state index contributed by atoms with van der Waals surface area (Å²) in [7, 11) is 0. The van der Waals surface area contributed by atoms with Gasteiger partial charge in [0.15, 0.2) is 11.7 Å². The van der Waals surface area contributed by atoms with Crippen LogP contribution < -0.4 is 0 Å². The van der Waals surface area contributed by atoms with Gasteiger partial charge in [-0.2, -0.15) is 0 Å². The monoisotopic (exact) mass is 396 g/mol. The molecule has 2 N–H and O–H groups in total. The van der Waals surface area contributed by atoms with Gasteiger partial charge in [0.25, 0.3) is 0 Å². The number of ether oxygens (including phenoxy) is 2. The number of hydrogen-bond acceptors (Lipinski definition) is 4. The fraction of sp³-hybridized carbons (Fsp3) is 0.619. The largest absolute Gasteiger partial charge is 0.480 e. The van der Waals surface area contributed by atoms with Crippen molar-refractivity contribution in [2.75, 3.05) is 13.2 Å². The van der Waals surface area contributed by atoms with E-state index in [1.54, 1.807) is 41.5 Å². The fourth-order valence-corrected chi connectivity index (χ4v) is 4.85. The van der Waals surface area contributed by atoms with Crippen molar-refractivity contribution in [3.8, 4) is 0 Å². The van der Waals surface area contributed by atoms with E-state index in [9.17, 15) is 24.2 Å². The zero-order valence-electron chi connectivity index (χ0n) is 17.2. The molecule has 1 aromatic rings. The lowest BCUT2D eigenvalue weighted by Gasteiger charge is -2.49. The average molecular weight is 396 g/mol. The second-order valence-electron chi connectivity index (χ2n) is 9.39. The standard InChI is InChI=1S/C21H29FO6/c1-19(2,3)16(20(4,5)6)21(17(23)24,18(25)26)12-7-8-13(14(22)11-12)15-27-9-10-28-15/h7-8,11,15-16H,9-10H2,1-6H3,(H,23,24)(H,25,26). The molecule has 156 valence electrons. The van der Waals surface area contributed by atoms with Gasteiger partial charge in [0.2, 0.25) is 0 Å². The first-order valence-corrected chi connectivity index (χ1v) is 9.24. The highest BCUT2D eigenvalue weighted by Crippen LogP contribution is 2.52. The van der Waals surface area contributed by atoms with E-state index in [0.29, 0.717) is 13.2 Å². The lowest BCUT2D eigenvalue weighted by atomic mass is 9.52. The van der Waals surface area contributed by atoms with Gasteiger partial charge >= 0.3 is 11.9 Å². The van der Waals surface area contributed by atoms with Crippen molar-refractivity contribution in [3.05, 3.63) is 35.1 Å². The van der Waals surface area contributed by atoms with Crippen LogP contribution in [0.2, 0.25) is 0 Å². The number of halogens is 1. The van der Waals surface area contributed by atoms with E-state index < -0.39 is 46.2 Å². The van der Waals surface area contributed by atoms with E-state index in [1.807, 2.05) is 0 Å². The molecule has 1 heterocycles. The molecule has 0 aliphatic carbocycles. The Morgan fingerprint density at radius 2 is 1.46 bits per heavy atom. The summed E-state index contributed by atoms with van der Waals surface area (Å²) in [6, 6.07) is 3.70. The number of benzene rings is 1. The maximum Gasteiger partial charge on any atom is 0.325 e. The molecule has 6 nitrogen and oxygen atoms in total. The van der Waals surface area contributed by atoms with Gasteiger partial charge in [-0.15, -0.1) is 0 Å². The van der Waals surface area contributed by atoms with Crippen molar-refractivity contribution in [1.29, 1.82) is 0 Å². The molecule has 0 unspecified atom stereocenters. The summed E-state index contributed by atoms with van der Waals surface area (Å²) < 4.78 is 25.5. The molecule has 0 spiro atoms. The third kappa shape index (κ3) is 3.78. The summed E-state index contributed by atoms with van der Waals surface area (Å²) in [5.41, 5.74) is -3.70. The topological polar surface area (TPSA) is 93.1 Å². The molecule has 1 saturated heterocycles. The highest BCUT2D eigenvalue weighted by Gasteiger charge is 2.61. The molecule has 0 bridgehead atoms. The lowest BCUT2D eigenvalue weighted by molar-refractivity contribution is -0.168. The maximum atomic E-state index is 14.9. The molecule has 1 aromatic carbocycles. The smallest absolute Gasteiger partial charge is 0.325 e. The highest BCUT2D eigenvalue weighted by atomic mass is 19.1. The van der Waals surface area contributed by atoms with Crippen molar-refractivity contribution in [2.45, 2.75) is 53.2 Å². The van der Waals surface area contributed by atoms with E-state index in [1.165, 1.54) is 12.1 Å². The van der Waals surface area contributed by atoms with Crippen LogP contribution in [0.1, 0.15) is 59.0 Å². The van der Waals surface area contributed by atoms with Gasteiger partial charge in [0.05, 0.1) is 13.2 Å². The van der Waals surface area contributed by atoms with Crippen LogP contribution in [0.5, 0.6) is 0 Å². The fourth-order valence-electron chi connectivity index (χ4n) is 4.85. The van der Waals surface area contributed by atoms with Gasteiger partial charge in [0, 0.05) is 5.56 Å². The lowest BCUT2D eigenvalue weighted by Crippen LogP contribution is -2.58. The van der Waals surface area contributed by atoms with Gasteiger partial charge in [-0.3, -0.25) is 9.59 Å². The minimum absolute atomic E-state index is 0.110. The van der Waals surface area contributed by atoms with Gasteiger partial charge < -0.3 is 19.7 Å². The van der Waals surface area contributed by atoms with Crippen LogP contribution in [0, 0.1) is 22.6 Å². The third-order valence-corrected chi connectivity index (χ3v) is 5.17. The first kappa shape index (κ1) is 22.3. The van der Waals surface area contributed by atoms with Crippen LogP contribution in [0.25, 0.3) is 0 Å². The van der Waals surface area contributed by atoms with Crippen LogP contribution >= 0.6 is 0 Å². The first-order chi connectivity index (χ1) is 12.7. The van der Waals surface area contributed by atoms with E-state index in [0.717, 1.165) is 6.07 Å². The molecular formula is C21H29FO6. The van der Waals surface area contributed by atoms with Gasteiger partial charge in [0.1, 0.15) is 5.82 Å². The van der Waals surface area contributed by atoms with Crippen molar-refractivity contribution in [3.63, 3.8) is 0 Å². The van der Waals surface area contributed by atoms with Gasteiger partial charge in [-0.1, -0.05) is 53.7 Å². The van der Waals surface area contributed by atoms with Crippen molar-refractivity contribution < 1.29 is 33.7 Å². The summed E-state index contributed by atoms with van der Waals surface area (Å²) in [6.45, 7) is 11.5. The highest BCUT2D eigenvalue weighted by molar-refractivity contribution is 6.05. The molecule has 0 saturated carbocycles. The van der Waals surface area contributed by atoms with Crippen molar-refractivity contribution >= 4 is 11.9 Å². The number of rotatable bonds is 5. The van der Waals surface area contributed by atoms with Crippen molar-refractivity contribution in [1.82, 2.24) is 0 Å². The molecule has 0 radical (unpaired) electrons. The second-order valence-corrected chi connectivity index (χ2v) is 9.39. The zero-order chi connectivity index (χ0) is 21.5. The molecule has 0 atom stereocenters. The SMILES string of the molecule is CC(C)(C)C(C(C)(C)C)C(C(=O)O)(C(=O)O)c1ccc(C2OCCO2)c(F)c1. The quantitative estimate of drug-likeness (QED) is 0.731. The summed E-state index contributed by atoms with van der Waals surface area (Å²) in [5.74, 6) is -4.63. The Labute approximate surface area is 164 Å². The Morgan fingerprint density at radius 3 is 1.82 bits per heavy atom. The van der Waals surface area contributed by atoms with Crippen LogP contribution in [-0.2, 0) is 24.5 Å². The molecule has 28 heavy (non-hydrogen) atoms. The number of carboxylic acids is 2. The minimum Gasteiger partial charge on any atom is -0.480 e.